The average molecular weight is 441 g/mol. The SMILES string of the molecule is CC(C)c1ccc(CN2C(=O)COc3ccc(-c4csc(-c5ccccc5)n4)cc32)cc1. The molecule has 0 spiro atoms. The van der Waals surface area contributed by atoms with E-state index >= 15 is 0 Å². The van der Waals surface area contributed by atoms with Gasteiger partial charge >= 0.3 is 0 Å². The van der Waals surface area contributed by atoms with Crippen LogP contribution in [0.15, 0.2) is 78.2 Å². The molecule has 1 aliphatic rings. The standard InChI is InChI=1S/C27H24N2O2S/c1-18(2)20-10-8-19(9-11-20)15-29-24-14-22(12-13-25(24)31-16-26(29)30)23-17-32-27(28-23)21-6-4-3-5-7-21/h3-14,17-18H,15-16H2,1-2H3. The lowest BCUT2D eigenvalue weighted by Crippen LogP contribution is -2.38. The van der Waals surface area contributed by atoms with Crippen molar-refractivity contribution in [2.24, 2.45) is 0 Å². The van der Waals surface area contributed by atoms with Crippen LogP contribution in [0.4, 0.5) is 5.69 Å². The maximum absolute atomic E-state index is 12.8. The van der Waals surface area contributed by atoms with Crippen molar-refractivity contribution in [2.75, 3.05) is 11.5 Å². The largest absolute Gasteiger partial charge is 0.482 e. The molecule has 0 saturated carbocycles. The molecule has 32 heavy (non-hydrogen) atoms. The van der Waals surface area contributed by atoms with Crippen LogP contribution < -0.4 is 9.64 Å². The lowest BCUT2D eigenvalue weighted by Gasteiger charge is -2.30. The highest BCUT2D eigenvalue weighted by atomic mass is 32.1. The van der Waals surface area contributed by atoms with Gasteiger partial charge in [0.1, 0.15) is 10.8 Å². The van der Waals surface area contributed by atoms with E-state index in [-0.39, 0.29) is 12.5 Å². The molecule has 0 fully saturated rings. The molecule has 0 atom stereocenters. The molecule has 0 bridgehead atoms. The molecule has 0 unspecified atom stereocenters. The van der Waals surface area contributed by atoms with Crippen LogP contribution in [0.3, 0.4) is 0 Å². The van der Waals surface area contributed by atoms with Crippen molar-refractivity contribution in [1.29, 1.82) is 0 Å². The van der Waals surface area contributed by atoms with Gasteiger partial charge in [-0.05, 0) is 35.2 Å². The third-order valence-electron chi connectivity index (χ3n) is 5.71. The molecule has 3 aromatic carbocycles. The zero-order valence-corrected chi connectivity index (χ0v) is 18.9. The number of thiazole rings is 1. The molecule has 2 heterocycles. The first-order chi connectivity index (χ1) is 15.6. The van der Waals surface area contributed by atoms with Crippen molar-refractivity contribution in [3.05, 3.63) is 89.3 Å². The Kier molecular flexibility index (Phi) is 5.50. The minimum Gasteiger partial charge on any atom is -0.482 e. The highest BCUT2D eigenvalue weighted by Gasteiger charge is 2.26. The van der Waals surface area contributed by atoms with Crippen LogP contribution in [-0.2, 0) is 11.3 Å². The van der Waals surface area contributed by atoms with E-state index < -0.39 is 0 Å². The smallest absolute Gasteiger partial charge is 0.265 e. The third-order valence-corrected chi connectivity index (χ3v) is 6.60. The minimum atomic E-state index is -0.0363. The molecule has 1 aromatic heterocycles. The van der Waals surface area contributed by atoms with Crippen molar-refractivity contribution < 1.29 is 9.53 Å². The van der Waals surface area contributed by atoms with Crippen LogP contribution in [-0.4, -0.2) is 17.5 Å². The van der Waals surface area contributed by atoms with Crippen molar-refractivity contribution in [3.8, 4) is 27.6 Å². The highest BCUT2D eigenvalue weighted by molar-refractivity contribution is 7.13. The molecular formula is C27H24N2O2S. The van der Waals surface area contributed by atoms with E-state index in [4.69, 9.17) is 9.72 Å². The van der Waals surface area contributed by atoms with E-state index in [2.05, 4.69) is 55.6 Å². The summed E-state index contributed by atoms with van der Waals surface area (Å²) in [6.07, 6.45) is 0. The summed E-state index contributed by atoms with van der Waals surface area (Å²) in [6.45, 7) is 4.94. The van der Waals surface area contributed by atoms with Crippen LogP contribution in [0.2, 0.25) is 0 Å². The fourth-order valence-corrected chi connectivity index (χ4v) is 4.68. The maximum atomic E-state index is 12.8. The van der Waals surface area contributed by atoms with Gasteiger partial charge in [-0.3, -0.25) is 4.79 Å². The maximum Gasteiger partial charge on any atom is 0.265 e. The van der Waals surface area contributed by atoms with Gasteiger partial charge in [-0.25, -0.2) is 4.98 Å². The summed E-state index contributed by atoms with van der Waals surface area (Å²) >= 11 is 1.62. The second-order valence-electron chi connectivity index (χ2n) is 8.25. The molecule has 0 saturated heterocycles. The topological polar surface area (TPSA) is 42.4 Å². The Morgan fingerprint density at radius 1 is 1.00 bits per heavy atom. The summed E-state index contributed by atoms with van der Waals surface area (Å²) in [7, 11) is 0. The van der Waals surface area contributed by atoms with Gasteiger partial charge < -0.3 is 9.64 Å². The van der Waals surface area contributed by atoms with E-state index in [1.807, 2.05) is 41.3 Å². The number of carbonyl (C=O) groups is 1. The van der Waals surface area contributed by atoms with Gasteiger partial charge in [-0.2, -0.15) is 0 Å². The molecule has 5 heteroatoms. The molecule has 0 radical (unpaired) electrons. The fraction of sp³-hybridized carbons (Fsp3) is 0.185. The molecule has 4 aromatic rings. The van der Waals surface area contributed by atoms with Crippen LogP contribution in [0.1, 0.15) is 30.9 Å². The third kappa shape index (κ3) is 4.04. The molecule has 1 amide bonds. The van der Waals surface area contributed by atoms with Gasteiger partial charge in [-0.1, -0.05) is 68.4 Å². The van der Waals surface area contributed by atoms with Gasteiger partial charge in [0, 0.05) is 16.5 Å². The molecule has 0 aliphatic carbocycles. The Morgan fingerprint density at radius 3 is 2.53 bits per heavy atom. The number of carbonyl (C=O) groups excluding carboxylic acids is 1. The Balaban J connectivity index is 1.45. The van der Waals surface area contributed by atoms with Crippen LogP contribution >= 0.6 is 11.3 Å². The zero-order valence-electron chi connectivity index (χ0n) is 18.1. The summed E-state index contributed by atoms with van der Waals surface area (Å²) in [5, 5.41) is 3.04. The molecule has 4 nitrogen and oxygen atoms in total. The van der Waals surface area contributed by atoms with Crippen molar-refractivity contribution in [2.45, 2.75) is 26.3 Å². The van der Waals surface area contributed by atoms with Gasteiger partial charge in [-0.15, -0.1) is 11.3 Å². The monoisotopic (exact) mass is 440 g/mol. The van der Waals surface area contributed by atoms with Gasteiger partial charge in [0.05, 0.1) is 17.9 Å². The molecule has 0 N–H and O–H groups in total. The number of hydrogen-bond acceptors (Lipinski definition) is 4. The summed E-state index contributed by atoms with van der Waals surface area (Å²) in [5.74, 6) is 1.17. The average Bonchev–Trinajstić information content (AvgIpc) is 3.32. The number of anilines is 1. The first-order valence-electron chi connectivity index (χ1n) is 10.8. The summed E-state index contributed by atoms with van der Waals surface area (Å²) < 4.78 is 5.71. The Labute approximate surface area is 192 Å². The van der Waals surface area contributed by atoms with Crippen LogP contribution in [0, 0.1) is 0 Å². The first kappa shape index (κ1) is 20.5. The summed E-state index contributed by atoms with van der Waals surface area (Å²) in [6, 6.07) is 24.6. The fourth-order valence-electron chi connectivity index (χ4n) is 3.84. The van der Waals surface area contributed by atoms with Crippen LogP contribution in [0.25, 0.3) is 21.8 Å². The Morgan fingerprint density at radius 2 is 1.78 bits per heavy atom. The molecule has 5 rings (SSSR count). The van der Waals surface area contributed by atoms with Gasteiger partial charge in [0.2, 0.25) is 0 Å². The second-order valence-corrected chi connectivity index (χ2v) is 9.11. The van der Waals surface area contributed by atoms with Gasteiger partial charge in [0.25, 0.3) is 5.91 Å². The number of rotatable bonds is 5. The number of hydrogen-bond donors (Lipinski definition) is 0. The minimum absolute atomic E-state index is 0.0363. The first-order valence-corrected chi connectivity index (χ1v) is 11.6. The van der Waals surface area contributed by atoms with E-state index in [1.54, 1.807) is 11.3 Å². The predicted molar refractivity (Wildman–Crippen MR) is 130 cm³/mol. The quantitative estimate of drug-likeness (QED) is 0.354. The Bertz CT molecular complexity index is 1250. The lowest BCUT2D eigenvalue weighted by molar-refractivity contribution is -0.121. The summed E-state index contributed by atoms with van der Waals surface area (Å²) in [5.41, 5.74) is 6.16. The molecule has 160 valence electrons. The zero-order chi connectivity index (χ0) is 22.1. The summed E-state index contributed by atoms with van der Waals surface area (Å²) in [4.78, 5) is 19.4. The predicted octanol–water partition coefficient (Wildman–Crippen LogP) is 6.53. The Hall–Kier alpha value is -3.44. The van der Waals surface area contributed by atoms with Crippen LogP contribution in [0.5, 0.6) is 5.75 Å². The second kappa shape index (κ2) is 8.60. The number of amides is 1. The van der Waals surface area contributed by atoms with E-state index in [0.717, 1.165) is 38.8 Å². The number of fused-ring (bicyclic) bond motifs is 1. The van der Waals surface area contributed by atoms with Crippen molar-refractivity contribution in [1.82, 2.24) is 4.98 Å². The van der Waals surface area contributed by atoms with Gasteiger partial charge in [0.15, 0.2) is 6.61 Å². The van der Waals surface area contributed by atoms with Crippen molar-refractivity contribution in [3.63, 3.8) is 0 Å². The highest BCUT2D eigenvalue weighted by Crippen LogP contribution is 2.38. The van der Waals surface area contributed by atoms with E-state index in [9.17, 15) is 4.79 Å². The number of aromatic nitrogens is 1. The van der Waals surface area contributed by atoms with Crippen molar-refractivity contribution >= 4 is 22.9 Å². The molecule has 1 aliphatic heterocycles. The van der Waals surface area contributed by atoms with E-state index in [1.165, 1.54) is 5.56 Å². The number of benzene rings is 3. The normalized spacial score (nSPS) is 13.2. The molecular weight excluding hydrogens is 416 g/mol. The number of ether oxygens (including phenoxy) is 1. The number of nitrogens with zero attached hydrogens (tertiary/aromatic N) is 2. The van der Waals surface area contributed by atoms with E-state index in [0.29, 0.717) is 12.5 Å². The lowest BCUT2D eigenvalue weighted by atomic mass is 10.0.